The van der Waals surface area contributed by atoms with Gasteiger partial charge in [0.1, 0.15) is 11.5 Å². The van der Waals surface area contributed by atoms with E-state index in [1.165, 1.54) is 12.3 Å². The van der Waals surface area contributed by atoms with Crippen molar-refractivity contribution in [3.8, 4) is 11.3 Å². The number of furan rings is 1. The molecular weight excluding hydrogens is 302 g/mol. The first kappa shape index (κ1) is 15.7. The Labute approximate surface area is 132 Å². The predicted octanol–water partition coefficient (Wildman–Crippen LogP) is 2.46. The first-order chi connectivity index (χ1) is 10.6. The van der Waals surface area contributed by atoms with Gasteiger partial charge in [-0.25, -0.2) is 4.79 Å². The summed E-state index contributed by atoms with van der Waals surface area (Å²) in [5.74, 6) is -0.0458. The Morgan fingerprint density at radius 3 is 2.86 bits per heavy atom. The fourth-order valence-electron chi connectivity index (χ4n) is 1.81. The van der Waals surface area contributed by atoms with Crippen LogP contribution in [0.25, 0.3) is 11.3 Å². The topological polar surface area (TPSA) is 86.9 Å². The monoisotopic (exact) mass is 317 g/mol. The quantitative estimate of drug-likeness (QED) is 0.446. The molecule has 0 aliphatic rings. The van der Waals surface area contributed by atoms with Gasteiger partial charge < -0.3 is 14.8 Å². The average Bonchev–Trinajstić information content (AvgIpc) is 2.96. The molecule has 2 rings (SSSR count). The summed E-state index contributed by atoms with van der Waals surface area (Å²) in [6.07, 6.45) is 1.47. The zero-order valence-electron chi connectivity index (χ0n) is 11.9. The van der Waals surface area contributed by atoms with Crippen LogP contribution in [0.1, 0.15) is 23.0 Å². The van der Waals surface area contributed by atoms with E-state index in [4.69, 9.17) is 16.6 Å². The molecule has 6 nitrogen and oxygen atoms in total. The smallest absolute Gasteiger partial charge is 0.336 e. The van der Waals surface area contributed by atoms with E-state index in [1.807, 2.05) is 6.92 Å². The van der Waals surface area contributed by atoms with Gasteiger partial charge in [0.2, 0.25) is 0 Å². The number of aromatic carboxylic acids is 1. The molecule has 22 heavy (non-hydrogen) atoms. The molecule has 3 N–H and O–H groups in total. The number of rotatable bonds is 5. The van der Waals surface area contributed by atoms with Crippen molar-refractivity contribution >= 4 is 29.5 Å². The molecule has 0 atom stereocenters. The van der Waals surface area contributed by atoms with Crippen molar-refractivity contribution in [3.05, 3.63) is 47.7 Å². The first-order valence-electron chi connectivity index (χ1n) is 6.61. The van der Waals surface area contributed by atoms with Gasteiger partial charge in [-0.2, -0.15) is 5.10 Å². The minimum Gasteiger partial charge on any atom is -0.478 e. The number of nitrogens with one attached hydrogen (secondary N) is 2. The van der Waals surface area contributed by atoms with Crippen LogP contribution in [0.15, 0.2) is 45.9 Å². The van der Waals surface area contributed by atoms with Gasteiger partial charge in [-0.05, 0) is 37.3 Å². The van der Waals surface area contributed by atoms with E-state index in [1.54, 1.807) is 30.3 Å². The number of hydrogen-bond acceptors (Lipinski definition) is 4. The lowest BCUT2D eigenvalue weighted by atomic mass is 10.1. The summed E-state index contributed by atoms with van der Waals surface area (Å²) in [7, 11) is 0. The molecule has 0 fully saturated rings. The highest BCUT2D eigenvalue weighted by Gasteiger charge is 2.13. The predicted molar refractivity (Wildman–Crippen MR) is 88.1 cm³/mol. The van der Waals surface area contributed by atoms with Gasteiger partial charge >= 0.3 is 5.97 Å². The van der Waals surface area contributed by atoms with Gasteiger partial charge in [0.15, 0.2) is 5.11 Å². The lowest BCUT2D eigenvalue weighted by Gasteiger charge is -2.02. The van der Waals surface area contributed by atoms with Gasteiger partial charge in [-0.3, -0.25) is 5.43 Å². The van der Waals surface area contributed by atoms with Gasteiger partial charge in [-0.1, -0.05) is 18.2 Å². The maximum atomic E-state index is 11.2. The van der Waals surface area contributed by atoms with E-state index in [0.29, 0.717) is 28.7 Å². The Hall–Kier alpha value is -2.67. The summed E-state index contributed by atoms with van der Waals surface area (Å²) < 4.78 is 5.59. The van der Waals surface area contributed by atoms with Gasteiger partial charge in [-0.15, -0.1) is 0 Å². The second-order valence-corrected chi connectivity index (χ2v) is 4.69. The number of hydrazone groups is 1. The van der Waals surface area contributed by atoms with E-state index < -0.39 is 5.97 Å². The number of thiocarbonyl (C=S) groups is 1. The number of benzene rings is 1. The van der Waals surface area contributed by atoms with Gasteiger partial charge in [0.05, 0.1) is 11.8 Å². The molecule has 0 unspecified atom stereocenters. The third-order valence-corrected chi connectivity index (χ3v) is 2.98. The maximum absolute atomic E-state index is 11.2. The second-order valence-electron chi connectivity index (χ2n) is 4.28. The Morgan fingerprint density at radius 1 is 1.36 bits per heavy atom. The van der Waals surface area contributed by atoms with E-state index in [-0.39, 0.29) is 5.56 Å². The van der Waals surface area contributed by atoms with Crippen LogP contribution < -0.4 is 10.7 Å². The van der Waals surface area contributed by atoms with Gasteiger partial charge in [0, 0.05) is 12.1 Å². The van der Waals surface area contributed by atoms with Gasteiger partial charge in [0.25, 0.3) is 0 Å². The average molecular weight is 317 g/mol. The minimum atomic E-state index is -1.00. The highest BCUT2D eigenvalue weighted by atomic mass is 32.1. The molecule has 0 saturated carbocycles. The molecule has 1 aromatic heterocycles. The maximum Gasteiger partial charge on any atom is 0.336 e. The van der Waals surface area contributed by atoms with Crippen molar-refractivity contribution in [2.24, 2.45) is 5.10 Å². The molecule has 7 heteroatoms. The molecular formula is C15H15N3O3S. The molecule has 0 saturated heterocycles. The number of carboxylic acid groups (broad SMARTS) is 1. The van der Waals surface area contributed by atoms with Crippen molar-refractivity contribution in [3.63, 3.8) is 0 Å². The molecule has 1 aromatic carbocycles. The van der Waals surface area contributed by atoms with E-state index in [2.05, 4.69) is 15.8 Å². The number of hydrogen-bond donors (Lipinski definition) is 3. The molecule has 0 radical (unpaired) electrons. The highest BCUT2D eigenvalue weighted by Crippen LogP contribution is 2.25. The zero-order chi connectivity index (χ0) is 15.9. The third kappa shape index (κ3) is 3.92. The molecule has 0 aliphatic heterocycles. The number of nitrogens with zero attached hydrogens (tertiary/aromatic N) is 1. The Morgan fingerprint density at radius 2 is 2.14 bits per heavy atom. The van der Waals surface area contributed by atoms with Crippen LogP contribution in [0.5, 0.6) is 0 Å². The molecule has 0 amide bonds. The second kappa shape index (κ2) is 7.37. The molecule has 114 valence electrons. The summed E-state index contributed by atoms with van der Waals surface area (Å²) in [6.45, 7) is 2.63. The zero-order valence-corrected chi connectivity index (χ0v) is 12.7. The van der Waals surface area contributed by atoms with Crippen LogP contribution in [0.2, 0.25) is 0 Å². The van der Waals surface area contributed by atoms with Crippen LogP contribution in [0.3, 0.4) is 0 Å². The first-order valence-corrected chi connectivity index (χ1v) is 7.02. The lowest BCUT2D eigenvalue weighted by molar-refractivity contribution is 0.0697. The van der Waals surface area contributed by atoms with Crippen molar-refractivity contribution < 1.29 is 14.3 Å². The Bertz CT molecular complexity index is 710. The van der Waals surface area contributed by atoms with E-state index in [9.17, 15) is 9.90 Å². The molecule has 0 spiro atoms. The van der Waals surface area contributed by atoms with Crippen LogP contribution in [0, 0.1) is 0 Å². The van der Waals surface area contributed by atoms with Crippen LogP contribution in [-0.4, -0.2) is 28.9 Å². The molecule has 1 heterocycles. The third-order valence-electron chi connectivity index (χ3n) is 2.74. The highest BCUT2D eigenvalue weighted by molar-refractivity contribution is 7.80. The van der Waals surface area contributed by atoms with Crippen molar-refractivity contribution in [2.45, 2.75) is 6.92 Å². The molecule has 0 bridgehead atoms. The molecule has 2 aromatic rings. The molecule has 0 aliphatic carbocycles. The largest absolute Gasteiger partial charge is 0.478 e. The van der Waals surface area contributed by atoms with Crippen LogP contribution in [-0.2, 0) is 0 Å². The fraction of sp³-hybridized carbons (Fsp3) is 0.133. The van der Waals surface area contributed by atoms with Crippen LogP contribution >= 0.6 is 12.2 Å². The number of carboxylic acids is 1. The standard InChI is InChI=1S/C15H15N3O3S/c1-2-16-15(22)18-17-9-10-7-8-13(21-10)11-5-3-4-6-12(11)14(19)20/h3-9H,2H2,1H3,(H,19,20)(H2,16,18,22)/b17-9+. The van der Waals surface area contributed by atoms with Crippen molar-refractivity contribution in [1.82, 2.24) is 10.7 Å². The summed E-state index contributed by atoms with van der Waals surface area (Å²) in [4.78, 5) is 11.2. The minimum absolute atomic E-state index is 0.187. The van der Waals surface area contributed by atoms with Crippen molar-refractivity contribution in [1.29, 1.82) is 0 Å². The van der Waals surface area contributed by atoms with E-state index >= 15 is 0 Å². The van der Waals surface area contributed by atoms with E-state index in [0.717, 1.165) is 0 Å². The van der Waals surface area contributed by atoms with Crippen molar-refractivity contribution in [2.75, 3.05) is 6.54 Å². The SMILES string of the molecule is CCNC(=S)N/N=C/c1ccc(-c2ccccc2C(=O)O)o1. The number of carbonyl (C=O) groups is 1. The summed E-state index contributed by atoms with van der Waals surface area (Å²) in [5, 5.41) is 16.4. The lowest BCUT2D eigenvalue weighted by Crippen LogP contribution is -2.31. The summed E-state index contributed by atoms with van der Waals surface area (Å²) in [6, 6.07) is 10.1. The normalized spacial score (nSPS) is 10.6. The van der Waals surface area contributed by atoms with Crippen LogP contribution in [0.4, 0.5) is 0 Å². The Kier molecular flexibility index (Phi) is 5.26. The summed E-state index contributed by atoms with van der Waals surface area (Å²) >= 11 is 4.96. The Balaban J connectivity index is 2.14. The summed E-state index contributed by atoms with van der Waals surface area (Å²) in [5.41, 5.74) is 3.35. The fourth-order valence-corrected chi connectivity index (χ4v) is 2.00.